The number of nitrogens with zero attached hydrogens (tertiary/aromatic N) is 1. The third kappa shape index (κ3) is 6.04. The molecule has 1 amide bonds. The summed E-state index contributed by atoms with van der Waals surface area (Å²) in [5.41, 5.74) is 2.42. The molecule has 1 aliphatic heterocycles. The molecule has 0 bridgehead atoms. The molecule has 0 atom stereocenters. The van der Waals surface area contributed by atoms with E-state index in [0.29, 0.717) is 17.3 Å². The van der Waals surface area contributed by atoms with E-state index < -0.39 is 0 Å². The van der Waals surface area contributed by atoms with Crippen LogP contribution in [0.1, 0.15) is 30.4 Å². The van der Waals surface area contributed by atoms with Crippen LogP contribution < -0.4 is 10.1 Å². The number of benzene rings is 2. The Balaban J connectivity index is 1.39. The highest BCUT2D eigenvalue weighted by molar-refractivity contribution is 6.30. The lowest BCUT2D eigenvalue weighted by Crippen LogP contribution is -2.29. The Labute approximate surface area is 160 Å². The Kier molecular flexibility index (Phi) is 6.92. The monoisotopic (exact) mass is 372 g/mol. The molecule has 4 nitrogen and oxygen atoms in total. The maximum Gasteiger partial charge on any atom is 0.258 e. The molecule has 5 heteroatoms. The fourth-order valence-electron chi connectivity index (χ4n) is 3.07. The summed E-state index contributed by atoms with van der Waals surface area (Å²) in [5.74, 6) is 0.490. The number of carbonyl (C=O) groups excluding carboxylic acids is 1. The van der Waals surface area contributed by atoms with Gasteiger partial charge in [-0.2, -0.15) is 0 Å². The minimum absolute atomic E-state index is 0.00528. The lowest BCUT2D eigenvalue weighted by atomic mass is 10.1. The number of carbonyl (C=O) groups is 1. The Morgan fingerprint density at radius 1 is 0.962 bits per heavy atom. The van der Waals surface area contributed by atoms with Gasteiger partial charge in [-0.1, -0.05) is 42.3 Å². The van der Waals surface area contributed by atoms with Crippen LogP contribution in [-0.2, 0) is 17.9 Å². The Morgan fingerprint density at radius 2 is 1.62 bits per heavy atom. The smallest absolute Gasteiger partial charge is 0.258 e. The van der Waals surface area contributed by atoms with Crippen LogP contribution in [-0.4, -0.2) is 30.5 Å². The van der Waals surface area contributed by atoms with Crippen molar-refractivity contribution in [2.24, 2.45) is 0 Å². The van der Waals surface area contributed by atoms with Gasteiger partial charge in [0.15, 0.2) is 6.61 Å². The predicted octanol–water partition coefficient (Wildman–Crippen LogP) is 4.02. The Morgan fingerprint density at radius 3 is 2.31 bits per heavy atom. The van der Waals surface area contributed by atoms with Crippen molar-refractivity contribution in [1.29, 1.82) is 0 Å². The van der Waals surface area contributed by atoms with Gasteiger partial charge in [0.1, 0.15) is 5.75 Å². The van der Waals surface area contributed by atoms with E-state index in [9.17, 15) is 4.79 Å². The minimum Gasteiger partial charge on any atom is -0.484 e. The summed E-state index contributed by atoms with van der Waals surface area (Å²) in [7, 11) is 0. The van der Waals surface area contributed by atoms with Crippen LogP contribution in [0.3, 0.4) is 0 Å². The summed E-state index contributed by atoms with van der Waals surface area (Å²) < 4.78 is 5.44. The van der Waals surface area contributed by atoms with Gasteiger partial charge in [0.25, 0.3) is 5.91 Å². The van der Waals surface area contributed by atoms with E-state index in [2.05, 4.69) is 34.5 Å². The van der Waals surface area contributed by atoms with Crippen molar-refractivity contribution in [1.82, 2.24) is 10.2 Å². The molecule has 3 rings (SSSR count). The average molecular weight is 373 g/mol. The van der Waals surface area contributed by atoms with Crippen molar-refractivity contribution in [3.63, 3.8) is 0 Å². The molecule has 1 saturated heterocycles. The van der Waals surface area contributed by atoms with Crippen LogP contribution in [0.15, 0.2) is 48.5 Å². The van der Waals surface area contributed by atoms with E-state index in [0.717, 1.165) is 12.1 Å². The number of rotatable bonds is 7. The quantitative estimate of drug-likeness (QED) is 0.798. The molecule has 0 unspecified atom stereocenters. The number of hydrogen-bond donors (Lipinski definition) is 1. The van der Waals surface area contributed by atoms with Crippen molar-refractivity contribution in [2.45, 2.75) is 32.4 Å². The molecule has 1 fully saturated rings. The number of piperidine rings is 1. The fourth-order valence-corrected chi connectivity index (χ4v) is 3.20. The summed E-state index contributed by atoms with van der Waals surface area (Å²) in [6.45, 7) is 3.92. The summed E-state index contributed by atoms with van der Waals surface area (Å²) in [6, 6.07) is 15.4. The van der Waals surface area contributed by atoms with Crippen LogP contribution >= 0.6 is 11.6 Å². The van der Waals surface area contributed by atoms with Gasteiger partial charge in [0, 0.05) is 18.1 Å². The second-order valence-corrected chi connectivity index (χ2v) is 7.11. The van der Waals surface area contributed by atoms with Crippen molar-refractivity contribution in [2.75, 3.05) is 19.7 Å². The third-order valence-corrected chi connectivity index (χ3v) is 4.80. The molecule has 1 N–H and O–H groups in total. The molecule has 0 radical (unpaired) electrons. The first kappa shape index (κ1) is 18.7. The molecule has 138 valence electrons. The van der Waals surface area contributed by atoms with Crippen LogP contribution in [0.25, 0.3) is 0 Å². The van der Waals surface area contributed by atoms with Crippen LogP contribution in [0.4, 0.5) is 0 Å². The molecule has 0 spiro atoms. The van der Waals surface area contributed by atoms with Crippen molar-refractivity contribution >= 4 is 17.5 Å². The van der Waals surface area contributed by atoms with Crippen molar-refractivity contribution < 1.29 is 9.53 Å². The van der Waals surface area contributed by atoms with Crippen molar-refractivity contribution in [3.8, 4) is 5.75 Å². The number of amides is 1. The predicted molar refractivity (Wildman–Crippen MR) is 104 cm³/mol. The molecular weight excluding hydrogens is 348 g/mol. The number of ether oxygens (including phenoxy) is 1. The van der Waals surface area contributed by atoms with Crippen LogP contribution in [0.2, 0.25) is 5.02 Å². The molecule has 2 aromatic carbocycles. The maximum absolute atomic E-state index is 11.9. The van der Waals surface area contributed by atoms with Gasteiger partial charge in [-0.15, -0.1) is 0 Å². The number of hydrogen-bond acceptors (Lipinski definition) is 3. The van der Waals surface area contributed by atoms with E-state index in [1.54, 1.807) is 24.3 Å². The van der Waals surface area contributed by atoms with E-state index in [-0.39, 0.29) is 12.5 Å². The molecule has 0 aliphatic carbocycles. The summed E-state index contributed by atoms with van der Waals surface area (Å²) >= 11 is 5.82. The van der Waals surface area contributed by atoms with Gasteiger partial charge < -0.3 is 10.1 Å². The van der Waals surface area contributed by atoms with E-state index in [1.807, 2.05) is 0 Å². The Bertz CT molecular complexity index is 695. The average Bonchev–Trinajstić information content (AvgIpc) is 2.68. The third-order valence-electron chi connectivity index (χ3n) is 4.55. The zero-order chi connectivity index (χ0) is 18.2. The summed E-state index contributed by atoms with van der Waals surface area (Å²) in [4.78, 5) is 14.4. The van der Waals surface area contributed by atoms with E-state index >= 15 is 0 Å². The number of halogens is 1. The molecule has 0 saturated carbocycles. The van der Waals surface area contributed by atoms with Gasteiger partial charge >= 0.3 is 0 Å². The lowest BCUT2D eigenvalue weighted by Gasteiger charge is -2.26. The van der Waals surface area contributed by atoms with Crippen LogP contribution in [0.5, 0.6) is 5.75 Å². The summed E-state index contributed by atoms with van der Waals surface area (Å²) in [5, 5.41) is 3.53. The zero-order valence-corrected chi connectivity index (χ0v) is 15.7. The van der Waals surface area contributed by atoms with Gasteiger partial charge in [0.05, 0.1) is 0 Å². The van der Waals surface area contributed by atoms with Gasteiger partial charge in [-0.25, -0.2) is 0 Å². The fraction of sp³-hybridized carbons (Fsp3) is 0.381. The largest absolute Gasteiger partial charge is 0.484 e. The SMILES string of the molecule is O=C(COc1ccc(Cl)cc1)NCc1ccc(CN2CCCCC2)cc1. The normalized spacial score (nSPS) is 14.8. The first-order valence-corrected chi connectivity index (χ1v) is 9.52. The molecule has 1 aliphatic rings. The minimum atomic E-state index is -0.141. The second kappa shape index (κ2) is 9.60. The number of likely N-dealkylation sites (tertiary alicyclic amines) is 1. The van der Waals surface area contributed by atoms with Gasteiger partial charge in [-0.3, -0.25) is 9.69 Å². The molecular formula is C21H25ClN2O2. The van der Waals surface area contributed by atoms with Crippen molar-refractivity contribution in [3.05, 3.63) is 64.7 Å². The highest BCUT2D eigenvalue weighted by atomic mass is 35.5. The standard InChI is InChI=1S/C21H25ClN2O2/c22-19-8-10-20(11-9-19)26-16-21(25)23-14-17-4-6-18(7-5-17)15-24-12-2-1-3-13-24/h4-11H,1-3,12-16H2,(H,23,25). The second-order valence-electron chi connectivity index (χ2n) is 6.67. The van der Waals surface area contributed by atoms with Gasteiger partial charge in [0.2, 0.25) is 0 Å². The topological polar surface area (TPSA) is 41.6 Å². The first-order chi connectivity index (χ1) is 12.7. The highest BCUT2D eigenvalue weighted by Crippen LogP contribution is 2.15. The first-order valence-electron chi connectivity index (χ1n) is 9.14. The maximum atomic E-state index is 11.9. The number of nitrogens with one attached hydrogen (secondary N) is 1. The molecule has 26 heavy (non-hydrogen) atoms. The zero-order valence-electron chi connectivity index (χ0n) is 14.9. The van der Waals surface area contributed by atoms with E-state index in [4.69, 9.17) is 16.3 Å². The highest BCUT2D eigenvalue weighted by Gasteiger charge is 2.10. The van der Waals surface area contributed by atoms with Crippen LogP contribution in [0, 0.1) is 0 Å². The summed E-state index contributed by atoms with van der Waals surface area (Å²) in [6.07, 6.45) is 3.97. The molecule has 2 aromatic rings. The lowest BCUT2D eigenvalue weighted by molar-refractivity contribution is -0.123. The Hall–Kier alpha value is -2.04. The van der Waals surface area contributed by atoms with Gasteiger partial charge in [-0.05, 0) is 61.3 Å². The molecule has 1 heterocycles. The molecule has 0 aromatic heterocycles. The van der Waals surface area contributed by atoms with E-state index in [1.165, 1.54) is 37.9 Å².